The largest absolute Gasteiger partial charge is 0.367 e. The van der Waals surface area contributed by atoms with Crippen molar-refractivity contribution < 1.29 is 4.74 Å². The zero-order chi connectivity index (χ0) is 15.2. The molecule has 1 aromatic rings. The van der Waals surface area contributed by atoms with Gasteiger partial charge in [-0.15, -0.1) is 0 Å². The molecule has 0 atom stereocenters. The van der Waals surface area contributed by atoms with Crippen LogP contribution in [-0.4, -0.2) is 22.1 Å². The lowest BCUT2D eigenvalue weighted by molar-refractivity contribution is -0.0573. The highest BCUT2D eigenvalue weighted by molar-refractivity contribution is 5.09. The molecule has 0 radical (unpaired) electrons. The molecule has 1 N–H and O–H groups in total. The summed E-state index contributed by atoms with van der Waals surface area (Å²) in [5, 5.41) is 3.45. The van der Waals surface area contributed by atoms with E-state index in [1.165, 1.54) is 0 Å². The van der Waals surface area contributed by atoms with Crippen molar-refractivity contribution in [3.05, 3.63) is 23.8 Å². The predicted octanol–water partition coefficient (Wildman–Crippen LogP) is 3.42. The standard InChI is InChI=1S/C16H29N3O/c1-7-16(8-2,20-9-3)14-17-11-10-13(19-14)12-18-15(4,5)6/h10-11,18H,7-9,12H2,1-6H3. The van der Waals surface area contributed by atoms with Crippen LogP contribution in [0.3, 0.4) is 0 Å². The zero-order valence-corrected chi connectivity index (χ0v) is 13.8. The van der Waals surface area contributed by atoms with Crippen molar-refractivity contribution in [2.75, 3.05) is 6.61 Å². The molecule has 0 unspecified atom stereocenters. The van der Waals surface area contributed by atoms with E-state index in [1.807, 2.05) is 19.2 Å². The Balaban J connectivity index is 2.95. The van der Waals surface area contributed by atoms with Gasteiger partial charge in [0.15, 0.2) is 5.82 Å². The molecule has 0 spiro atoms. The fourth-order valence-corrected chi connectivity index (χ4v) is 2.18. The number of nitrogens with zero attached hydrogens (tertiary/aromatic N) is 2. The topological polar surface area (TPSA) is 47.0 Å². The van der Waals surface area contributed by atoms with Crippen LogP contribution in [0, 0.1) is 0 Å². The van der Waals surface area contributed by atoms with Crippen molar-refractivity contribution in [1.82, 2.24) is 15.3 Å². The van der Waals surface area contributed by atoms with Crippen LogP contribution >= 0.6 is 0 Å². The molecule has 4 heteroatoms. The highest BCUT2D eigenvalue weighted by Gasteiger charge is 2.32. The Hall–Kier alpha value is -1.00. The zero-order valence-electron chi connectivity index (χ0n) is 13.8. The number of ether oxygens (including phenoxy) is 1. The second-order valence-corrected chi connectivity index (χ2v) is 6.11. The Kier molecular flexibility index (Phi) is 6.08. The summed E-state index contributed by atoms with van der Waals surface area (Å²) in [4.78, 5) is 9.16. The van der Waals surface area contributed by atoms with Crippen LogP contribution in [0.5, 0.6) is 0 Å². The van der Waals surface area contributed by atoms with Crippen LogP contribution in [-0.2, 0) is 16.9 Å². The molecule has 4 nitrogen and oxygen atoms in total. The first-order valence-electron chi connectivity index (χ1n) is 7.58. The van der Waals surface area contributed by atoms with Gasteiger partial charge in [-0.2, -0.15) is 0 Å². The van der Waals surface area contributed by atoms with Gasteiger partial charge < -0.3 is 10.1 Å². The van der Waals surface area contributed by atoms with Crippen LogP contribution < -0.4 is 5.32 Å². The summed E-state index contributed by atoms with van der Waals surface area (Å²) in [5.41, 5.74) is 0.736. The maximum Gasteiger partial charge on any atom is 0.160 e. The lowest BCUT2D eigenvalue weighted by Crippen LogP contribution is -2.36. The van der Waals surface area contributed by atoms with Crippen LogP contribution in [0.15, 0.2) is 12.3 Å². The van der Waals surface area contributed by atoms with Gasteiger partial charge >= 0.3 is 0 Å². The third kappa shape index (κ3) is 4.53. The van der Waals surface area contributed by atoms with Gasteiger partial charge in [-0.1, -0.05) is 13.8 Å². The van der Waals surface area contributed by atoms with E-state index in [0.29, 0.717) is 6.61 Å². The van der Waals surface area contributed by atoms with Crippen LogP contribution in [0.2, 0.25) is 0 Å². The van der Waals surface area contributed by atoms with E-state index < -0.39 is 0 Å². The number of hydrogen-bond acceptors (Lipinski definition) is 4. The average Bonchev–Trinajstić information content (AvgIpc) is 2.42. The third-order valence-corrected chi connectivity index (χ3v) is 3.48. The molecule has 0 amide bonds. The van der Waals surface area contributed by atoms with E-state index in [1.54, 1.807) is 0 Å². The average molecular weight is 279 g/mol. The lowest BCUT2D eigenvalue weighted by Gasteiger charge is -2.30. The normalized spacial score (nSPS) is 12.7. The van der Waals surface area contributed by atoms with E-state index in [0.717, 1.165) is 30.9 Å². The molecule has 0 aliphatic heterocycles. The lowest BCUT2D eigenvalue weighted by atomic mass is 9.95. The van der Waals surface area contributed by atoms with Crippen LogP contribution in [0.25, 0.3) is 0 Å². The first-order chi connectivity index (χ1) is 9.37. The molecular formula is C16H29N3O. The van der Waals surface area contributed by atoms with Crippen LogP contribution in [0.1, 0.15) is 65.9 Å². The SMILES string of the molecule is CCOC(CC)(CC)c1nccc(CNC(C)(C)C)n1. The summed E-state index contributed by atoms with van der Waals surface area (Å²) in [5.74, 6) is 0.803. The molecule has 0 aliphatic carbocycles. The maximum atomic E-state index is 5.97. The van der Waals surface area contributed by atoms with Crippen molar-refractivity contribution >= 4 is 0 Å². The third-order valence-electron chi connectivity index (χ3n) is 3.48. The predicted molar refractivity (Wildman–Crippen MR) is 82.5 cm³/mol. The fourth-order valence-electron chi connectivity index (χ4n) is 2.18. The maximum absolute atomic E-state index is 5.97. The number of rotatable bonds is 7. The van der Waals surface area contributed by atoms with Crippen LogP contribution in [0.4, 0.5) is 0 Å². The monoisotopic (exact) mass is 279 g/mol. The highest BCUT2D eigenvalue weighted by Crippen LogP contribution is 2.30. The minimum absolute atomic E-state index is 0.0810. The smallest absolute Gasteiger partial charge is 0.160 e. The molecule has 1 aromatic heterocycles. The molecule has 0 saturated heterocycles. The van der Waals surface area contributed by atoms with Gasteiger partial charge in [-0.3, -0.25) is 0 Å². The Labute approximate surface area is 123 Å². The summed E-state index contributed by atoms with van der Waals surface area (Å²) >= 11 is 0. The number of nitrogens with one attached hydrogen (secondary N) is 1. The Morgan fingerprint density at radius 2 is 1.80 bits per heavy atom. The van der Waals surface area contributed by atoms with Crippen molar-refractivity contribution in [1.29, 1.82) is 0 Å². The highest BCUT2D eigenvalue weighted by atomic mass is 16.5. The van der Waals surface area contributed by atoms with Crippen molar-refractivity contribution in [3.8, 4) is 0 Å². The van der Waals surface area contributed by atoms with E-state index in [4.69, 9.17) is 9.72 Å². The summed E-state index contributed by atoms with van der Waals surface area (Å²) < 4.78 is 5.97. The molecule has 0 aliphatic rings. The summed E-state index contributed by atoms with van der Waals surface area (Å²) in [6, 6.07) is 1.96. The van der Waals surface area contributed by atoms with Gasteiger partial charge in [0.25, 0.3) is 0 Å². The molecule has 0 saturated carbocycles. The van der Waals surface area contributed by atoms with E-state index >= 15 is 0 Å². The van der Waals surface area contributed by atoms with Crippen molar-refractivity contribution in [3.63, 3.8) is 0 Å². The van der Waals surface area contributed by atoms with Gasteiger partial charge in [0.2, 0.25) is 0 Å². The summed E-state index contributed by atoms with van der Waals surface area (Å²) in [7, 11) is 0. The minimum Gasteiger partial charge on any atom is -0.367 e. The Bertz CT molecular complexity index is 408. The second-order valence-electron chi connectivity index (χ2n) is 6.11. The van der Waals surface area contributed by atoms with Gasteiger partial charge in [0, 0.05) is 24.9 Å². The molecule has 114 valence electrons. The molecule has 0 bridgehead atoms. The molecule has 0 fully saturated rings. The van der Waals surface area contributed by atoms with Crippen molar-refractivity contribution in [2.24, 2.45) is 0 Å². The molecule has 1 heterocycles. The Morgan fingerprint density at radius 1 is 1.15 bits per heavy atom. The van der Waals surface area contributed by atoms with Gasteiger partial charge in [0.05, 0.1) is 5.69 Å². The van der Waals surface area contributed by atoms with Gasteiger partial charge in [0.1, 0.15) is 5.60 Å². The molecular weight excluding hydrogens is 250 g/mol. The van der Waals surface area contributed by atoms with E-state index in [9.17, 15) is 0 Å². The quantitative estimate of drug-likeness (QED) is 0.831. The first-order valence-corrected chi connectivity index (χ1v) is 7.58. The number of aromatic nitrogens is 2. The summed E-state index contributed by atoms with van der Waals surface area (Å²) in [6.07, 6.45) is 3.60. The molecule has 1 rings (SSSR count). The first kappa shape index (κ1) is 17.1. The number of hydrogen-bond donors (Lipinski definition) is 1. The van der Waals surface area contributed by atoms with Gasteiger partial charge in [-0.25, -0.2) is 9.97 Å². The second kappa shape index (κ2) is 7.14. The fraction of sp³-hybridized carbons (Fsp3) is 0.750. The van der Waals surface area contributed by atoms with Crippen molar-refractivity contribution in [2.45, 2.75) is 72.1 Å². The molecule has 0 aromatic carbocycles. The molecule has 20 heavy (non-hydrogen) atoms. The van der Waals surface area contributed by atoms with Gasteiger partial charge in [-0.05, 0) is 46.6 Å². The minimum atomic E-state index is -0.355. The van der Waals surface area contributed by atoms with E-state index in [2.05, 4.69) is 44.9 Å². The summed E-state index contributed by atoms with van der Waals surface area (Å²) in [6.45, 7) is 14.1. The van der Waals surface area contributed by atoms with E-state index in [-0.39, 0.29) is 11.1 Å². The Morgan fingerprint density at radius 3 is 2.30 bits per heavy atom.